The van der Waals surface area contributed by atoms with Gasteiger partial charge in [0.25, 0.3) is 5.91 Å². The molecule has 0 radical (unpaired) electrons. The first kappa shape index (κ1) is 20.4. The largest absolute Gasteiger partial charge is 0.434 e. The molecule has 1 aromatic carbocycles. The molecule has 0 atom stereocenters. The lowest BCUT2D eigenvalue weighted by Crippen LogP contribution is -2.36. The summed E-state index contributed by atoms with van der Waals surface area (Å²) in [6.45, 7) is 4.73. The van der Waals surface area contributed by atoms with Crippen LogP contribution < -0.4 is 5.32 Å². The lowest BCUT2D eigenvalue weighted by atomic mass is 10.2. The molecule has 2 heterocycles. The SMILES string of the molecule is Cc1ccc(-n2ncc(C(=O)NCCN3CCCCCC3)c2C(F)(F)F)cc1. The number of rotatable bonds is 5. The molecule has 0 unspecified atom stereocenters. The number of carbonyl (C=O) groups excluding carboxylic acids is 1. The van der Waals surface area contributed by atoms with Gasteiger partial charge in [-0.2, -0.15) is 18.3 Å². The lowest BCUT2D eigenvalue weighted by Gasteiger charge is -2.19. The van der Waals surface area contributed by atoms with Gasteiger partial charge in [0.2, 0.25) is 0 Å². The Hall–Kier alpha value is -2.35. The van der Waals surface area contributed by atoms with E-state index in [1.165, 1.54) is 12.8 Å². The Bertz CT molecular complexity index is 791. The first-order chi connectivity index (χ1) is 13.4. The van der Waals surface area contributed by atoms with Crippen LogP contribution >= 0.6 is 0 Å². The van der Waals surface area contributed by atoms with Crippen molar-refractivity contribution in [1.82, 2.24) is 20.0 Å². The topological polar surface area (TPSA) is 50.2 Å². The molecule has 3 rings (SSSR count). The zero-order valence-electron chi connectivity index (χ0n) is 15.9. The number of halogens is 3. The molecule has 0 aliphatic carbocycles. The van der Waals surface area contributed by atoms with E-state index in [4.69, 9.17) is 0 Å². The highest BCUT2D eigenvalue weighted by molar-refractivity contribution is 5.95. The van der Waals surface area contributed by atoms with Gasteiger partial charge in [0.1, 0.15) is 0 Å². The van der Waals surface area contributed by atoms with Crippen LogP contribution in [0.1, 0.15) is 47.3 Å². The van der Waals surface area contributed by atoms with E-state index in [1.54, 1.807) is 24.3 Å². The normalized spacial score (nSPS) is 16.0. The van der Waals surface area contributed by atoms with Crippen molar-refractivity contribution in [2.45, 2.75) is 38.8 Å². The fourth-order valence-electron chi connectivity index (χ4n) is 3.45. The summed E-state index contributed by atoms with van der Waals surface area (Å²) >= 11 is 0. The van der Waals surface area contributed by atoms with E-state index in [-0.39, 0.29) is 5.69 Å². The van der Waals surface area contributed by atoms with E-state index in [1.807, 2.05) is 6.92 Å². The van der Waals surface area contributed by atoms with Crippen molar-refractivity contribution >= 4 is 5.91 Å². The van der Waals surface area contributed by atoms with Gasteiger partial charge in [0.05, 0.1) is 17.4 Å². The van der Waals surface area contributed by atoms with Gasteiger partial charge in [-0.3, -0.25) is 4.79 Å². The van der Waals surface area contributed by atoms with Crippen molar-refractivity contribution in [2.75, 3.05) is 26.2 Å². The molecule has 1 aliphatic rings. The van der Waals surface area contributed by atoms with Crippen LogP contribution in [0.4, 0.5) is 13.2 Å². The minimum absolute atomic E-state index is 0.265. The van der Waals surface area contributed by atoms with E-state index in [9.17, 15) is 18.0 Å². The van der Waals surface area contributed by atoms with Crippen LogP contribution in [0.25, 0.3) is 5.69 Å². The lowest BCUT2D eigenvalue weighted by molar-refractivity contribution is -0.143. The fraction of sp³-hybridized carbons (Fsp3) is 0.500. The summed E-state index contributed by atoms with van der Waals surface area (Å²) < 4.78 is 41.8. The van der Waals surface area contributed by atoms with E-state index in [0.717, 1.165) is 42.4 Å². The minimum atomic E-state index is -4.70. The summed E-state index contributed by atoms with van der Waals surface area (Å²) in [7, 11) is 0. The first-order valence-corrected chi connectivity index (χ1v) is 9.59. The molecular formula is C20H25F3N4O. The Morgan fingerprint density at radius 2 is 1.75 bits per heavy atom. The number of benzene rings is 1. The van der Waals surface area contributed by atoms with E-state index >= 15 is 0 Å². The molecule has 2 aromatic rings. The Labute approximate surface area is 162 Å². The summed E-state index contributed by atoms with van der Waals surface area (Å²) in [4.78, 5) is 14.7. The average Bonchev–Trinajstić information content (AvgIpc) is 2.94. The van der Waals surface area contributed by atoms with Gasteiger partial charge in [0.15, 0.2) is 5.69 Å². The number of nitrogens with one attached hydrogen (secondary N) is 1. The quantitative estimate of drug-likeness (QED) is 0.839. The zero-order chi connectivity index (χ0) is 20.1. The summed E-state index contributed by atoms with van der Waals surface area (Å²) in [5, 5.41) is 6.46. The highest BCUT2D eigenvalue weighted by atomic mass is 19.4. The van der Waals surface area contributed by atoms with Gasteiger partial charge >= 0.3 is 6.18 Å². The first-order valence-electron chi connectivity index (χ1n) is 9.59. The van der Waals surface area contributed by atoms with Crippen LogP contribution in [0.5, 0.6) is 0 Å². The molecule has 1 aromatic heterocycles. The van der Waals surface area contributed by atoms with Gasteiger partial charge < -0.3 is 10.2 Å². The van der Waals surface area contributed by atoms with Crippen molar-refractivity contribution in [1.29, 1.82) is 0 Å². The summed E-state index contributed by atoms with van der Waals surface area (Å²) in [6, 6.07) is 6.52. The Balaban J connectivity index is 1.73. The second-order valence-corrected chi connectivity index (χ2v) is 7.16. The molecule has 1 aliphatic heterocycles. The standard InChI is InChI=1S/C20H25F3N4O/c1-15-6-8-16(9-7-15)27-18(20(21,22)23)17(14-25-27)19(28)24-10-13-26-11-4-2-3-5-12-26/h6-9,14H,2-5,10-13H2,1H3,(H,24,28). The molecule has 152 valence electrons. The molecule has 0 spiro atoms. The molecular weight excluding hydrogens is 369 g/mol. The highest BCUT2D eigenvalue weighted by Crippen LogP contribution is 2.33. The zero-order valence-corrected chi connectivity index (χ0v) is 15.9. The number of aryl methyl sites for hydroxylation is 1. The molecule has 1 fully saturated rings. The number of hydrogen-bond acceptors (Lipinski definition) is 3. The Morgan fingerprint density at radius 1 is 1.11 bits per heavy atom. The van der Waals surface area contributed by atoms with E-state index in [0.29, 0.717) is 13.1 Å². The van der Waals surface area contributed by atoms with Gasteiger partial charge in [-0.15, -0.1) is 0 Å². The van der Waals surface area contributed by atoms with Crippen LogP contribution in [0.3, 0.4) is 0 Å². The number of hydrogen-bond donors (Lipinski definition) is 1. The minimum Gasteiger partial charge on any atom is -0.351 e. The van der Waals surface area contributed by atoms with Crippen molar-refractivity contribution in [3.8, 4) is 5.69 Å². The summed E-state index contributed by atoms with van der Waals surface area (Å²) in [6.07, 6.45) is 0.944. The van der Waals surface area contributed by atoms with E-state index < -0.39 is 23.3 Å². The molecule has 0 bridgehead atoms. The smallest absolute Gasteiger partial charge is 0.351 e. The molecule has 1 saturated heterocycles. The Kier molecular flexibility index (Phi) is 6.39. The molecule has 1 N–H and O–H groups in total. The third kappa shape index (κ3) is 4.92. The summed E-state index contributed by atoms with van der Waals surface area (Å²) in [5.74, 6) is -0.750. The maximum absolute atomic E-state index is 13.7. The number of likely N-dealkylation sites (tertiary alicyclic amines) is 1. The van der Waals surface area contributed by atoms with Crippen LogP contribution in [0.2, 0.25) is 0 Å². The molecule has 28 heavy (non-hydrogen) atoms. The fourth-order valence-corrected chi connectivity index (χ4v) is 3.45. The molecule has 1 amide bonds. The van der Waals surface area contributed by atoms with Gasteiger partial charge in [-0.25, -0.2) is 4.68 Å². The number of alkyl halides is 3. The number of nitrogens with zero attached hydrogens (tertiary/aromatic N) is 3. The van der Waals surface area contributed by atoms with Crippen molar-refractivity contribution < 1.29 is 18.0 Å². The van der Waals surface area contributed by atoms with Crippen LogP contribution in [0.15, 0.2) is 30.5 Å². The maximum atomic E-state index is 13.7. The number of amides is 1. The second-order valence-electron chi connectivity index (χ2n) is 7.16. The van der Waals surface area contributed by atoms with Crippen molar-refractivity contribution in [3.05, 3.63) is 47.3 Å². The van der Waals surface area contributed by atoms with Crippen molar-refractivity contribution in [2.24, 2.45) is 0 Å². The predicted octanol–water partition coefficient (Wildman–Crippen LogP) is 3.81. The summed E-state index contributed by atoms with van der Waals surface area (Å²) in [5.41, 5.74) is -0.315. The van der Waals surface area contributed by atoms with Crippen LogP contribution in [-0.4, -0.2) is 46.8 Å². The second kappa shape index (κ2) is 8.77. The van der Waals surface area contributed by atoms with Gasteiger partial charge in [0, 0.05) is 13.1 Å². The average molecular weight is 394 g/mol. The monoisotopic (exact) mass is 394 g/mol. The van der Waals surface area contributed by atoms with Crippen molar-refractivity contribution in [3.63, 3.8) is 0 Å². The highest BCUT2D eigenvalue weighted by Gasteiger charge is 2.40. The maximum Gasteiger partial charge on any atom is 0.434 e. The third-order valence-electron chi connectivity index (χ3n) is 4.97. The molecule has 0 saturated carbocycles. The Morgan fingerprint density at radius 3 is 2.36 bits per heavy atom. The van der Waals surface area contributed by atoms with Gasteiger partial charge in [-0.05, 0) is 45.0 Å². The molecule has 5 nitrogen and oxygen atoms in total. The van der Waals surface area contributed by atoms with E-state index in [2.05, 4.69) is 15.3 Å². The third-order valence-corrected chi connectivity index (χ3v) is 4.97. The number of carbonyl (C=O) groups is 1. The number of aromatic nitrogens is 2. The van der Waals surface area contributed by atoms with Crippen LogP contribution in [0, 0.1) is 6.92 Å². The molecule has 8 heteroatoms. The predicted molar refractivity (Wildman–Crippen MR) is 101 cm³/mol. The van der Waals surface area contributed by atoms with Crippen LogP contribution in [-0.2, 0) is 6.18 Å². The van der Waals surface area contributed by atoms with Gasteiger partial charge in [-0.1, -0.05) is 30.5 Å².